The van der Waals surface area contributed by atoms with Gasteiger partial charge in [0.1, 0.15) is 5.03 Å². The van der Waals surface area contributed by atoms with Gasteiger partial charge in [0.05, 0.1) is 22.0 Å². The van der Waals surface area contributed by atoms with E-state index >= 15 is 0 Å². The predicted molar refractivity (Wildman–Crippen MR) is 74.9 cm³/mol. The summed E-state index contributed by atoms with van der Waals surface area (Å²) in [6, 6.07) is 4.76. The standard InChI is InChI=1S/C10H6Cl4N2O2/c11-5-1-2-8(6(12)3-5)16-15-4-7(13)9(14)10(17)18/h1-4,16H,(H,17,18)/b9-7+,15-4-. The Hall–Kier alpha value is -0.940. The van der Waals surface area contributed by atoms with E-state index in [4.69, 9.17) is 51.5 Å². The molecule has 0 amide bonds. The molecule has 1 aromatic carbocycles. The molecule has 0 saturated heterocycles. The minimum atomic E-state index is -1.34. The quantitative estimate of drug-likeness (QED) is 0.495. The Morgan fingerprint density at radius 1 is 1.33 bits per heavy atom. The molecule has 1 aromatic rings. The van der Waals surface area contributed by atoms with Gasteiger partial charge in [-0.2, -0.15) is 5.10 Å². The first-order valence-corrected chi connectivity index (χ1v) is 5.95. The first-order valence-electron chi connectivity index (χ1n) is 4.44. The lowest BCUT2D eigenvalue weighted by Crippen LogP contribution is -1.98. The van der Waals surface area contributed by atoms with Gasteiger partial charge >= 0.3 is 5.97 Å². The van der Waals surface area contributed by atoms with Gasteiger partial charge in [0.15, 0.2) is 0 Å². The number of hydrogen-bond acceptors (Lipinski definition) is 3. The molecule has 0 aliphatic carbocycles. The van der Waals surface area contributed by atoms with Crippen LogP contribution in [-0.2, 0) is 4.79 Å². The number of aliphatic carboxylic acids is 1. The summed E-state index contributed by atoms with van der Waals surface area (Å²) in [5, 5.41) is 12.4. The van der Waals surface area contributed by atoms with E-state index in [0.717, 1.165) is 6.21 Å². The van der Waals surface area contributed by atoms with E-state index in [2.05, 4.69) is 10.5 Å². The fraction of sp³-hybridized carbons (Fsp3) is 0. The van der Waals surface area contributed by atoms with Gasteiger partial charge in [0.2, 0.25) is 0 Å². The Balaban J connectivity index is 2.77. The summed E-state index contributed by atoms with van der Waals surface area (Å²) in [6.45, 7) is 0. The molecular weight excluding hydrogens is 322 g/mol. The number of nitrogens with zero attached hydrogens (tertiary/aromatic N) is 1. The fourth-order valence-electron chi connectivity index (χ4n) is 0.897. The molecule has 0 aliphatic rings. The number of carbonyl (C=O) groups is 1. The number of nitrogens with one attached hydrogen (secondary N) is 1. The molecule has 0 atom stereocenters. The van der Waals surface area contributed by atoms with Gasteiger partial charge in [0.25, 0.3) is 0 Å². The van der Waals surface area contributed by atoms with Crippen molar-refractivity contribution in [3.8, 4) is 0 Å². The molecular formula is C10H6Cl4N2O2. The van der Waals surface area contributed by atoms with Crippen LogP contribution in [0.1, 0.15) is 0 Å². The summed E-state index contributed by atoms with van der Waals surface area (Å²) in [5.41, 5.74) is 3.07. The topological polar surface area (TPSA) is 61.7 Å². The highest BCUT2D eigenvalue weighted by Gasteiger charge is 2.07. The maximum Gasteiger partial charge on any atom is 0.348 e. The van der Waals surface area contributed by atoms with Gasteiger partial charge in [-0.1, -0.05) is 46.4 Å². The minimum absolute atomic E-state index is 0.207. The summed E-state index contributed by atoms with van der Waals surface area (Å²) >= 11 is 22.6. The second-order valence-corrected chi connectivity index (χ2v) is 4.59. The second-order valence-electron chi connectivity index (χ2n) is 2.96. The average Bonchev–Trinajstić information content (AvgIpc) is 2.30. The second kappa shape index (κ2) is 6.85. The molecule has 2 N–H and O–H groups in total. The molecule has 96 valence electrons. The third kappa shape index (κ3) is 4.38. The lowest BCUT2D eigenvalue weighted by Gasteiger charge is -2.02. The largest absolute Gasteiger partial charge is 0.477 e. The number of carboxylic acid groups (broad SMARTS) is 1. The smallest absolute Gasteiger partial charge is 0.348 e. The van der Waals surface area contributed by atoms with Gasteiger partial charge in [0, 0.05) is 5.02 Å². The first kappa shape index (κ1) is 15.1. The minimum Gasteiger partial charge on any atom is -0.477 e. The van der Waals surface area contributed by atoms with Crippen molar-refractivity contribution in [3.63, 3.8) is 0 Å². The van der Waals surface area contributed by atoms with E-state index in [1.807, 2.05) is 0 Å². The van der Waals surface area contributed by atoms with Crippen molar-refractivity contribution in [1.29, 1.82) is 0 Å². The van der Waals surface area contributed by atoms with Crippen LogP contribution in [0, 0.1) is 0 Å². The monoisotopic (exact) mass is 326 g/mol. The Morgan fingerprint density at radius 2 is 2.00 bits per heavy atom. The number of halogens is 4. The Labute approximate surface area is 123 Å². The summed E-state index contributed by atoms with van der Waals surface area (Å²) in [4.78, 5) is 10.5. The zero-order valence-electron chi connectivity index (χ0n) is 8.62. The van der Waals surface area contributed by atoms with E-state index in [9.17, 15) is 4.79 Å². The Morgan fingerprint density at radius 3 is 2.56 bits per heavy atom. The highest BCUT2D eigenvalue weighted by atomic mass is 35.5. The average molecular weight is 328 g/mol. The van der Waals surface area contributed by atoms with E-state index in [0.29, 0.717) is 15.7 Å². The molecule has 0 heterocycles. The van der Waals surface area contributed by atoms with Crippen molar-refractivity contribution in [2.24, 2.45) is 5.10 Å². The molecule has 0 unspecified atom stereocenters. The van der Waals surface area contributed by atoms with Gasteiger partial charge in [-0.15, -0.1) is 0 Å². The maximum atomic E-state index is 10.5. The summed E-state index contributed by atoms with van der Waals surface area (Å²) < 4.78 is 0. The van der Waals surface area contributed by atoms with Crippen molar-refractivity contribution >= 4 is 64.3 Å². The number of carboxylic acids is 1. The number of hydrogen-bond donors (Lipinski definition) is 2. The zero-order chi connectivity index (χ0) is 13.7. The lowest BCUT2D eigenvalue weighted by atomic mass is 10.3. The first-order chi connectivity index (χ1) is 8.41. The summed E-state index contributed by atoms with van der Waals surface area (Å²) in [7, 11) is 0. The zero-order valence-corrected chi connectivity index (χ0v) is 11.6. The molecule has 0 aliphatic heterocycles. The Bertz CT molecular complexity index is 529. The van der Waals surface area contributed by atoms with E-state index < -0.39 is 11.0 Å². The van der Waals surface area contributed by atoms with Crippen LogP contribution in [0.15, 0.2) is 33.4 Å². The van der Waals surface area contributed by atoms with Crippen LogP contribution < -0.4 is 5.43 Å². The molecule has 0 fully saturated rings. The van der Waals surface area contributed by atoms with Crippen LogP contribution in [0.4, 0.5) is 5.69 Å². The number of rotatable bonds is 4. The van der Waals surface area contributed by atoms with Gasteiger partial charge < -0.3 is 5.11 Å². The predicted octanol–water partition coefficient (Wildman–Crippen LogP) is 4.16. The van der Waals surface area contributed by atoms with Crippen molar-refractivity contribution in [2.75, 3.05) is 5.43 Å². The Kier molecular flexibility index (Phi) is 5.75. The van der Waals surface area contributed by atoms with Gasteiger partial charge in [-0.25, -0.2) is 4.79 Å². The van der Waals surface area contributed by atoms with Gasteiger partial charge in [-0.3, -0.25) is 5.43 Å². The molecule has 0 radical (unpaired) electrons. The highest BCUT2D eigenvalue weighted by Crippen LogP contribution is 2.25. The fourth-order valence-corrected chi connectivity index (χ4v) is 1.53. The third-order valence-electron chi connectivity index (χ3n) is 1.69. The van der Waals surface area contributed by atoms with Crippen LogP contribution >= 0.6 is 46.4 Å². The van der Waals surface area contributed by atoms with Crippen LogP contribution in [0.2, 0.25) is 10.0 Å². The SMILES string of the molecule is O=C(O)/C(Cl)=C(Cl)/C=N\Nc1ccc(Cl)cc1Cl. The van der Waals surface area contributed by atoms with Crippen LogP contribution in [0.3, 0.4) is 0 Å². The summed E-state index contributed by atoms with van der Waals surface area (Å²) in [6.07, 6.45) is 1.06. The lowest BCUT2D eigenvalue weighted by molar-refractivity contribution is -0.131. The summed E-state index contributed by atoms with van der Waals surface area (Å²) in [5.74, 6) is -1.34. The van der Waals surface area contributed by atoms with Crippen molar-refractivity contribution < 1.29 is 9.90 Å². The van der Waals surface area contributed by atoms with Crippen molar-refractivity contribution in [1.82, 2.24) is 0 Å². The number of benzene rings is 1. The van der Waals surface area contributed by atoms with E-state index in [-0.39, 0.29) is 5.03 Å². The van der Waals surface area contributed by atoms with E-state index in [1.54, 1.807) is 12.1 Å². The molecule has 0 aromatic heterocycles. The number of anilines is 1. The maximum absolute atomic E-state index is 10.5. The normalized spacial score (nSPS) is 12.4. The molecule has 0 saturated carbocycles. The highest BCUT2D eigenvalue weighted by molar-refractivity contribution is 6.51. The van der Waals surface area contributed by atoms with Crippen molar-refractivity contribution in [2.45, 2.75) is 0 Å². The van der Waals surface area contributed by atoms with Crippen LogP contribution in [-0.4, -0.2) is 17.3 Å². The van der Waals surface area contributed by atoms with Crippen molar-refractivity contribution in [3.05, 3.63) is 38.3 Å². The molecule has 1 rings (SSSR count). The molecule has 8 heteroatoms. The van der Waals surface area contributed by atoms with E-state index in [1.165, 1.54) is 6.07 Å². The molecule has 0 bridgehead atoms. The molecule has 0 spiro atoms. The number of hydrazone groups is 1. The van der Waals surface area contributed by atoms with Crippen LogP contribution in [0.25, 0.3) is 0 Å². The van der Waals surface area contributed by atoms with Gasteiger partial charge in [-0.05, 0) is 18.2 Å². The third-order valence-corrected chi connectivity index (χ3v) is 2.99. The van der Waals surface area contributed by atoms with Crippen LogP contribution in [0.5, 0.6) is 0 Å². The number of allylic oxidation sites excluding steroid dienone is 1. The molecule has 4 nitrogen and oxygen atoms in total. The molecule has 18 heavy (non-hydrogen) atoms.